The average Bonchev–Trinajstić information content (AvgIpc) is 2.50. The SMILES string of the molecule is O=C(Nc1ccc(Cl)cc1)N[C@@H](Cc1ccccc1)C(=O)O. The number of carboxylic acid groups (broad SMARTS) is 1. The van der Waals surface area contributed by atoms with Gasteiger partial charge in [0.15, 0.2) is 0 Å². The molecule has 5 nitrogen and oxygen atoms in total. The highest BCUT2D eigenvalue weighted by Gasteiger charge is 2.20. The van der Waals surface area contributed by atoms with Crippen molar-refractivity contribution in [2.24, 2.45) is 0 Å². The number of amides is 2. The minimum atomic E-state index is -1.09. The normalized spacial score (nSPS) is 11.5. The first-order chi connectivity index (χ1) is 10.5. The van der Waals surface area contributed by atoms with E-state index in [-0.39, 0.29) is 6.42 Å². The van der Waals surface area contributed by atoms with Gasteiger partial charge in [0.25, 0.3) is 0 Å². The summed E-state index contributed by atoms with van der Waals surface area (Å²) in [4.78, 5) is 23.2. The van der Waals surface area contributed by atoms with Crippen molar-refractivity contribution in [2.75, 3.05) is 5.32 Å². The molecular weight excluding hydrogens is 304 g/mol. The third-order valence-electron chi connectivity index (χ3n) is 2.99. The fraction of sp³-hybridized carbons (Fsp3) is 0.125. The molecule has 2 aromatic carbocycles. The van der Waals surface area contributed by atoms with E-state index < -0.39 is 18.0 Å². The van der Waals surface area contributed by atoms with Gasteiger partial charge in [-0.3, -0.25) is 0 Å². The minimum Gasteiger partial charge on any atom is -0.480 e. The molecule has 2 aromatic rings. The Labute approximate surface area is 132 Å². The second-order valence-corrected chi connectivity index (χ2v) is 5.12. The second kappa shape index (κ2) is 7.47. The molecule has 2 rings (SSSR count). The summed E-state index contributed by atoms with van der Waals surface area (Å²) in [7, 11) is 0. The van der Waals surface area contributed by atoms with Gasteiger partial charge in [-0.1, -0.05) is 41.9 Å². The first-order valence-corrected chi connectivity index (χ1v) is 7.02. The lowest BCUT2D eigenvalue weighted by atomic mass is 10.1. The molecule has 6 heteroatoms. The van der Waals surface area contributed by atoms with E-state index in [0.29, 0.717) is 10.7 Å². The summed E-state index contributed by atoms with van der Waals surface area (Å²) < 4.78 is 0. The molecule has 1 atom stereocenters. The number of carboxylic acids is 1. The molecule has 0 aliphatic heterocycles. The van der Waals surface area contributed by atoms with Crippen LogP contribution in [0.25, 0.3) is 0 Å². The van der Waals surface area contributed by atoms with Crippen molar-refractivity contribution >= 4 is 29.3 Å². The van der Waals surface area contributed by atoms with Gasteiger partial charge >= 0.3 is 12.0 Å². The van der Waals surface area contributed by atoms with Gasteiger partial charge in [-0.05, 0) is 29.8 Å². The van der Waals surface area contributed by atoms with E-state index in [9.17, 15) is 14.7 Å². The molecule has 0 bridgehead atoms. The molecule has 0 saturated carbocycles. The molecule has 3 N–H and O–H groups in total. The van der Waals surface area contributed by atoms with Crippen LogP contribution in [0.2, 0.25) is 5.02 Å². The van der Waals surface area contributed by atoms with Crippen LogP contribution in [-0.2, 0) is 11.2 Å². The Hall–Kier alpha value is -2.53. The van der Waals surface area contributed by atoms with E-state index >= 15 is 0 Å². The van der Waals surface area contributed by atoms with Gasteiger partial charge in [0, 0.05) is 17.1 Å². The summed E-state index contributed by atoms with van der Waals surface area (Å²) >= 11 is 5.76. The first kappa shape index (κ1) is 15.9. The number of rotatable bonds is 5. The Morgan fingerprint density at radius 2 is 1.68 bits per heavy atom. The molecule has 0 heterocycles. The molecule has 114 valence electrons. The Morgan fingerprint density at radius 1 is 1.05 bits per heavy atom. The zero-order valence-corrected chi connectivity index (χ0v) is 12.4. The lowest BCUT2D eigenvalue weighted by Crippen LogP contribution is -2.44. The van der Waals surface area contributed by atoms with E-state index in [1.165, 1.54) is 0 Å². The van der Waals surface area contributed by atoms with Crippen molar-refractivity contribution < 1.29 is 14.7 Å². The highest BCUT2D eigenvalue weighted by molar-refractivity contribution is 6.30. The largest absolute Gasteiger partial charge is 0.480 e. The summed E-state index contributed by atoms with van der Waals surface area (Å²) in [5.74, 6) is -1.09. The number of benzene rings is 2. The van der Waals surface area contributed by atoms with Gasteiger partial charge < -0.3 is 15.7 Å². The van der Waals surface area contributed by atoms with E-state index in [2.05, 4.69) is 10.6 Å². The fourth-order valence-electron chi connectivity index (χ4n) is 1.91. The monoisotopic (exact) mass is 318 g/mol. The third-order valence-corrected chi connectivity index (χ3v) is 3.24. The van der Waals surface area contributed by atoms with Crippen LogP contribution >= 0.6 is 11.6 Å². The molecule has 2 amide bonds. The van der Waals surface area contributed by atoms with E-state index in [1.807, 2.05) is 30.3 Å². The van der Waals surface area contributed by atoms with Crippen molar-refractivity contribution in [3.63, 3.8) is 0 Å². The van der Waals surface area contributed by atoms with Gasteiger partial charge in [0.1, 0.15) is 6.04 Å². The lowest BCUT2D eigenvalue weighted by molar-refractivity contribution is -0.139. The maximum Gasteiger partial charge on any atom is 0.326 e. The number of hydrogen-bond acceptors (Lipinski definition) is 2. The molecule has 0 unspecified atom stereocenters. The van der Waals surface area contributed by atoms with Crippen LogP contribution in [0.3, 0.4) is 0 Å². The number of nitrogens with one attached hydrogen (secondary N) is 2. The Bertz CT molecular complexity index is 644. The highest BCUT2D eigenvalue weighted by atomic mass is 35.5. The Morgan fingerprint density at radius 3 is 2.27 bits per heavy atom. The number of halogens is 1. The first-order valence-electron chi connectivity index (χ1n) is 6.64. The summed E-state index contributed by atoms with van der Waals surface area (Å²) in [6, 6.07) is 14.1. The zero-order valence-electron chi connectivity index (χ0n) is 11.6. The Kier molecular flexibility index (Phi) is 5.38. The van der Waals surface area contributed by atoms with E-state index in [1.54, 1.807) is 24.3 Å². The molecule has 22 heavy (non-hydrogen) atoms. The maximum absolute atomic E-state index is 11.9. The van der Waals surface area contributed by atoms with Crippen molar-refractivity contribution in [1.82, 2.24) is 5.32 Å². The van der Waals surface area contributed by atoms with Crippen molar-refractivity contribution in [3.05, 3.63) is 65.2 Å². The zero-order chi connectivity index (χ0) is 15.9. The van der Waals surface area contributed by atoms with Crippen molar-refractivity contribution in [3.8, 4) is 0 Å². The number of hydrogen-bond donors (Lipinski definition) is 3. The van der Waals surface area contributed by atoms with E-state index in [0.717, 1.165) is 5.56 Å². The van der Waals surface area contributed by atoms with Crippen molar-refractivity contribution in [1.29, 1.82) is 0 Å². The fourth-order valence-corrected chi connectivity index (χ4v) is 2.03. The predicted molar refractivity (Wildman–Crippen MR) is 85.2 cm³/mol. The minimum absolute atomic E-state index is 0.213. The van der Waals surface area contributed by atoms with Crippen LogP contribution in [0.15, 0.2) is 54.6 Å². The van der Waals surface area contributed by atoms with Crippen LogP contribution < -0.4 is 10.6 Å². The summed E-state index contributed by atoms with van der Waals surface area (Å²) in [6.45, 7) is 0. The van der Waals surface area contributed by atoms with Gasteiger partial charge in [-0.25, -0.2) is 9.59 Å². The highest BCUT2D eigenvalue weighted by Crippen LogP contribution is 2.13. The number of urea groups is 1. The summed E-state index contributed by atoms with van der Waals surface area (Å²) in [6.07, 6.45) is 0.213. The van der Waals surface area contributed by atoms with Crippen LogP contribution in [0, 0.1) is 0 Å². The molecule has 0 saturated heterocycles. The van der Waals surface area contributed by atoms with E-state index in [4.69, 9.17) is 11.6 Å². The van der Waals surface area contributed by atoms with Crippen LogP contribution in [0.5, 0.6) is 0 Å². The number of aliphatic carboxylic acids is 1. The topological polar surface area (TPSA) is 78.4 Å². The molecule has 0 radical (unpaired) electrons. The van der Waals surface area contributed by atoms with Gasteiger partial charge in [-0.2, -0.15) is 0 Å². The van der Waals surface area contributed by atoms with Crippen LogP contribution in [0.4, 0.5) is 10.5 Å². The van der Waals surface area contributed by atoms with Gasteiger partial charge in [0.2, 0.25) is 0 Å². The second-order valence-electron chi connectivity index (χ2n) is 4.69. The average molecular weight is 319 g/mol. The molecule has 0 aromatic heterocycles. The molecular formula is C16H15ClN2O3. The lowest BCUT2D eigenvalue weighted by Gasteiger charge is -2.15. The third kappa shape index (κ3) is 4.79. The van der Waals surface area contributed by atoms with Crippen LogP contribution in [-0.4, -0.2) is 23.1 Å². The quantitative estimate of drug-likeness (QED) is 0.792. The molecule has 0 aliphatic carbocycles. The van der Waals surface area contributed by atoms with Crippen LogP contribution in [0.1, 0.15) is 5.56 Å². The number of carbonyl (C=O) groups excluding carboxylic acids is 1. The van der Waals surface area contributed by atoms with Gasteiger partial charge in [-0.15, -0.1) is 0 Å². The maximum atomic E-state index is 11.9. The molecule has 0 fully saturated rings. The molecule has 0 spiro atoms. The predicted octanol–water partition coefficient (Wildman–Crippen LogP) is 3.16. The van der Waals surface area contributed by atoms with Gasteiger partial charge in [0.05, 0.1) is 0 Å². The number of carbonyl (C=O) groups is 2. The van der Waals surface area contributed by atoms with Crippen molar-refractivity contribution in [2.45, 2.75) is 12.5 Å². The number of anilines is 1. The molecule has 0 aliphatic rings. The standard InChI is InChI=1S/C16H15ClN2O3/c17-12-6-8-13(9-7-12)18-16(22)19-14(15(20)21)10-11-4-2-1-3-5-11/h1-9,14H,10H2,(H,20,21)(H2,18,19,22)/t14-/m0/s1. The Balaban J connectivity index is 1.97. The summed E-state index contributed by atoms with van der Waals surface area (Å²) in [5, 5.41) is 14.8. The summed E-state index contributed by atoms with van der Waals surface area (Å²) in [5.41, 5.74) is 1.37. The smallest absolute Gasteiger partial charge is 0.326 e.